The van der Waals surface area contributed by atoms with Crippen molar-refractivity contribution in [3.05, 3.63) is 100 Å². The van der Waals surface area contributed by atoms with Crippen LogP contribution in [0, 0.1) is 25.7 Å². The smallest absolute Gasteiger partial charge is 0.310 e. The molecule has 0 radical (unpaired) electrons. The van der Waals surface area contributed by atoms with E-state index in [0.29, 0.717) is 51.3 Å². The maximum absolute atomic E-state index is 13.7. The van der Waals surface area contributed by atoms with Crippen LogP contribution in [0.2, 0.25) is 0 Å². The third-order valence-electron chi connectivity index (χ3n) is 9.69. The molecule has 1 amide bonds. The average molecular weight is 710 g/mol. The summed E-state index contributed by atoms with van der Waals surface area (Å²) >= 11 is 0. The zero-order chi connectivity index (χ0) is 36.5. The Kier molecular flexibility index (Phi) is 9.55. The summed E-state index contributed by atoms with van der Waals surface area (Å²) in [4.78, 5) is 39.9. The minimum absolute atomic E-state index is 0.0387. The third-order valence-corrected chi connectivity index (χ3v) is 9.69. The van der Waals surface area contributed by atoms with Gasteiger partial charge in [-0.25, -0.2) is 0 Å². The van der Waals surface area contributed by atoms with Gasteiger partial charge in [-0.15, -0.1) is 0 Å². The van der Waals surface area contributed by atoms with Crippen LogP contribution < -0.4 is 33.7 Å². The number of aryl methyl sites for hydroxylation is 2. The van der Waals surface area contributed by atoms with Crippen LogP contribution in [-0.2, 0) is 30.3 Å². The molecule has 12 heteroatoms. The Morgan fingerprint density at radius 1 is 0.827 bits per heavy atom. The van der Waals surface area contributed by atoms with Crippen LogP contribution in [0.1, 0.15) is 45.4 Å². The molecule has 4 atom stereocenters. The number of cyclic esters (lactones) is 1. The first-order valence-corrected chi connectivity index (χ1v) is 16.9. The van der Waals surface area contributed by atoms with Crippen molar-refractivity contribution in [1.82, 2.24) is 0 Å². The number of esters is 2. The van der Waals surface area contributed by atoms with E-state index in [4.69, 9.17) is 37.9 Å². The molecule has 0 spiro atoms. The number of anilines is 1. The number of hydrogen-bond acceptors (Lipinski definition) is 11. The van der Waals surface area contributed by atoms with Crippen LogP contribution in [0.25, 0.3) is 0 Å². The lowest BCUT2D eigenvalue weighted by molar-refractivity contribution is -0.153. The molecule has 0 saturated carbocycles. The van der Waals surface area contributed by atoms with Crippen molar-refractivity contribution < 1.29 is 52.3 Å². The number of methoxy groups -OCH3 is 3. The van der Waals surface area contributed by atoms with E-state index in [-0.39, 0.29) is 32.3 Å². The largest absolute Gasteiger partial charge is 0.493 e. The highest BCUT2D eigenvalue weighted by atomic mass is 16.7. The fourth-order valence-corrected chi connectivity index (χ4v) is 7.26. The van der Waals surface area contributed by atoms with E-state index in [1.807, 2.05) is 56.3 Å². The van der Waals surface area contributed by atoms with Crippen LogP contribution in [0.5, 0.6) is 34.5 Å². The highest BCUT2D eigenvalue weighted by Crippen LogP contribution is 2.56. The molecular weight excluding hydrogens is 670 g/mol. The van der Waals surface area contributed by atoms with Gasteiger partial charge in [0.1, 0.15) is 11.9 Å². The normalized spacial score (nSPS) is 19.5. The Morgan fingerprint density at radius 3 is 2.27 bits per heavy atom. The van der Waals surface area contributed by atoms with Crippen molar-refractivity contribution in [2.45, 2.75) is 32.3 Å². The van der Waals surface area contributed by atoms with Crippen LogP contribution in [0.3, 0.4) is 0 Å². The molecular formula is C40H39NO11. The highest BCUT2D eigenvalue weighted by molar-refractivity contribution is 5.92. The number of carbonyl (C=O) groups is 3. The Hall–Kier alpha value is -5.91. The van der Waals surface area contributed by atoms with Gasteiger partial charge in [-0.3, -0.25) is 14.4 Å². The van der Waals surface area contributed by atoms with Gasteiger partial charge in [0.2, 0.25) is 12.5 Å². The van der Waals surface area contributed by atoms with Crippen LogP contribution >= 0.6 is 0 Å². The predicted molar refractivity (Wildman–Crippen MR) is 187 cm³/mol. The number of rotatable bonds is 11. The zero-order valence-electron chi connectivity index (χ0n) is 29.5. The Bertz CT molecular complexity index is 2020. The predicted octanol–water partition coefficient (Wildman–Crippen LogP) is 5.84. The Labute approximate surface area is 300 Å². The molecule has 7 rings (SSSR count). The van der Waals surface area contributed by atoms with E-state index in [1.165, 1.54) is 21.3 Å². The Morgan fingerprint density at radius 2 is 1.56 bits per heavy atom. The lowest BCUT2D eigenvalue weighted by atomic mass is 9.66. The highest BCUT2D eigenvalue weighted by Gasteiger charge is 2.54. The molecule has 0 bridgehead atoms. The number of amides is 1. The van der Waals surface area contributed by atoms with Crippen molar-refractivity contribution in [1.29, 1.82) is 0 Å². The molecule has 270 valence electrons. The van der Waals surface area contributed by atoms with E-state index in [0.717, 1.165) is 22.3 Å². The minimum Gasteiger partial charge on any atom is -0.493 e. The molecule has 1 N–H and O–H groups in total. The third kappa shape index (κ3) is 6.63. The van der Waals surface area contributed by atoms with Gasteiger partial charge in [0, 0.05) is 23.1 Å². The van der Waals surface area contributed by atoms with Crippen molar-refractivity contribution in [3.8, 4) is 34.5 Å². The van der Waals surface area contributed by atoms with Gasteiger partial charge in [-0.2, -0.15) is 0 Å². The number of carbonyl (C=O) groups excluding carboxylic acids is 3. The van der Waals surface area contributed by atoms with Crippen molar-refractivity contribution in [2.24, 2.45) is 11.8 Å². The first-order valence-electron chi connectivity index (χ1n) is 16.9. The van der Waals surface area contributed by atoms with E-state index < -0.39 is 35.8 Å². The van der Waals surface area contributed by atoms with E-state index in [2.05, 4.69) is 5.32 Å². The van der Waals surface area contributed by atoms with E-state index in [9.17, 15) is 14.4 Å². The van der Waals surface area contributed by atoms with Gasteiger partial charge in [0.15, 0.2) is 29.6 Å². The molecule has 0 aromatic heterocycles. The van der Waals surface area contributed by atoms with Gasteiger partial charge < -0.3 is 43.2 Å². The summed E-state index contributed by atoms with van der Waals surface area (Å²) < 4.78 is 45.9. The molecule has 3 aliphatic rings. The monoisotopic (exact) mass is 709 g/mol. The number of hydrogen-bond donors (Lipinski definition) is 1. The maximum atomic E-state index is 13.7. The minimum atomic E-state index is -0.822. The standard InChI is InChI=1S/C40H39NO11/c1-21-9-10-22(2)29(11-21)48-19-34(42)41-25-8-6-7-23(12-25)13-35(43)52-38-27-17-31-30(50-20-51-31)16-26(27)36(37-28(38)18-49-40(37)44)24-14-32(45-3)39(47-5)33(15-24)46-4/h6-12,14-17,28,36-38H,13,18-20H2,1-5H3,(H,41,42)/t28-,36+,37-,38-/m0/s1. The fraction of sp³-hybridized carbons (Fsp3) is 0.325. The second-order valence-electron chi connectivity index (χ2n) is 13.0. The topological polar surface area (TPSA) is 137 Å². The molecule has 1 saturated heterocycles. The van der Waals surface area contributed by atoms with Gasteiger partial charge in [0.25, 0.3) is 5.91 Å². The fourth-order valence-electron chi connectivity index (χ4n) is 7.26. The second-order valence-corrected chi connectivity index (χ2v) is 13.0. The lowest BCUT2D eigenvalue weighted by Crippen LogP contribution is -2.36. The molecule has 4 aromatic rings. The quantitative estimate of drug-likeness (QED) is 0.188. The van der Waals surface area contributed by atoms with E-state index >= 15 is 0 Å². The van der Waals surface area contributed by atoms with Crippen molar-refractivity contribution in [2.75, 3.05) is 46.7 Å². The maximum Gasteiger partial charge on any atom is 0.310 e. The average Bonchev–Trinajstić information content (AvgIpc) is 3.76. The van der Waals surface area contributed by atoms with Crippen LogP contribution in [0.4, 0.5) is 5.69 Å². The summed E-state index contributed by atoms with van der Waals surface area (Å²) in [5, 5.41) is 2.84. The number of fused-ring (bicyclic) bond motifs is 3. The van der Waals surface area contributed by atoms with E-state index in [1.54, 1.807) is 24.3 Å². The molecule has 2 heterocycles. The molecule has 52 heavy (non-hydrogen) atoms. The number of benzene rings is 4. The second kappa shape index (κ2) is 14.4. The van der Waals surface area contributed by atoms with Gasteiger partial charge >= 0.3 is 11.9 Å². The molecule has 12 nitrogen and oxygen atoms in total. The molecule has 2 aliphatic heterocycles. The number of nitrogens with one attached hydrogen (secondary N) is 1. The molecule has 1 fully saturated rings. The summed E-state index contributed by atoms with van der Waals surface area (Å²) in [6.45, 7) is 3.80. The first kappa shape index (κ1) is 34.5. The summed E-state index contributed by atoms with van der Waals surface area (Å²) in [7, 11) is 4.58. The first-order chi connectivity index (χ1) is 25.2. The SMILES string of the molecule is COc1cc([C@@H]2c3cc4c(cc3[C@H](OC(=O)Cc3cccc(NC(=O)COc5cc(C)ccc5C)c3)[C@H]3COC(=O)[C@H]23)OCO4)cc(OC)c1OC. The summed E-state index contributed by atoms with van der Waals surface area (Å²) in [5.74, 6) is -0.0171. The summed E-state index contributed by atoms with van der Waals surface area (Å²) in [6, 6.07) is 20.1. The molecule has 0 unspecified atom stereocenters. The van der Waals surface area contributed by atoms with Crippen LogP contribution in [0.15, 0.2) is 66.7 Å². The van der Waals surface area contributed by atoms with Gasteiger partial charge in [-0.05, 0) is 84.1 Å². The van der Waals surface area contributed by atoms with Gasteiger partial charge in [0.05, 0.1) is 40.3 Å². The number of ether oxygens (including phenoxy) is 8. The molecule has 1 aliphatic carbocycles. The lowest BCUT2D eigenvalue weighted by Gasteiger charge is -2.38. The Balaban J connectivity index is 1.14. The molecule has 4 aromatic carbocycles. The summed E-state index contributed by atoms with van der Waals surface area (Å²) in [5.41, 5.74) is 5.24. The van der Waals surface area contributed by atoms with Crippen molar-refractivity contribution in [3.63, 3.8) is 0 Å². The van der Waals surface area contributed by atoms with Crippen LogP contribution in [-0.4, -0.2) is 59.2 Å². The zero-order valence-corrected chi connectivity index (χ0v) is 29.5. The van der Waals surface area contributed by atoms with Gasteiger partial charge in [-0.1, -0.05) is 24.3 Å². The summed E-state index contributed by atoms with van der Waals surface area (Å²) in [6.07, 6.45) is -0.904. The van der Waals surface area contributed by atoms with Crippen molar-refractivity contribution >= 4 is 23.5 Å².